The van der Waals surface area contributed by atoms with Crippen molar-refractivity contribution in [1.82, 2.24) is 19.2 Å². The van der Waals surface area contributed by atoms with Crippen LogP contribution in [0.25, 0.3) is 10.9 Å². The molecule has 1 N–H and O–H groups in total. The summed E-state index contributed by atoms with van der Waals surface area (Å²) in [6, 6.07) is 20.6. The van der Waals surface area contributed by atoms with E-state index < -0.39 is 6.10 Å². The van der Waals surface area contributed by atoms with Crippen molar-refractivity contribution < 1.29 is 9.84 Å². The van der Waals surface area contributed by atoms with Crippen LogP contribution in [-0.4, -0.2) is 50.7 Å². The Labute approximate surface area is 189 Å². The topological polar surface area (TPSA) is 55.4 Å². The van der Waals surface area contributed by atoms with Crippen LogP contribution in [0, 0.1) is 13.8 Å². The summed E-state index contributed by atoms with van der Waals surface area (Å²) in [5, 5.41) is 16.3. The summed E-state index contributed by atoms with van der Waals surface area (Å²) in [7, 11) is 2.04. The quantitative estimate of drug-likeness (QED) is 0.411. The average molecular weight is 433 g/mol. The van der Waals surface area contributed by atoms with Gasteiger partial charge in [-0.25, -0.2) is 0 Å². The smallest absolute Gasteiger partial charge is 0.119 e. The monoisotopic (exact) mass is 432 g/mol. The number of para-hydroxylation sites is 1. The molecule has 2 heterocycles. The maximum Gasteiger partial charge on any atom is 0.119 e. The lowest BCUT2D eigenvalue weighted by Crippen LogP contribution is -2.31. The predicted octanol–water partition coefficient (Wildman–Crippen LogP) is 4.03. The van der Waals surface area contributed by atoms with Crippen LogP contribution in [0.5, 0.6) is 5.75 Å². The summed E-state index contributed by atoms with van der Waals surface area (Å²) in [6.07, 6.45) is 1.61. The molecule has 168 valence electrons. The third-order valence-corrected chi connectivity index (χ3v) is 5.66. The minimum Gasteiger partial charge on any atom is -0.492 e. The first-order valence-electron chi connectivity index (χ1n) is 11.1. The van der Waals surface area contributed by atoms with Gasteiger partial charge < -0.3 is 14.4 Å². The van der Waals surface area contributed by atoms with Gasteiger partial charge in [-0.3, -0.25) is 9.58 Å². The van der Waals surface area contributed by atoms with Crippen LogP contribution in [0.1, 0.15) is 17.0 Å². The number of fused-ring (bicyclic) bond motifs is 1. The van der Waals surface area contributed by atoms with Crippen LogP contribution in [0.15, 0.2) is 66.9 Å². The van der Waals surface area contributed by atoms with E-state index in [1.165, 1.54) is 10.9 Å². The normalized spacial score (nSPS) is 12.5. The SMILES string of the molecule is Cc1cc(C)n(CCOc2ccc(CN(C)C[C@H](O)Cn3ccc4ccccc43)cc2)n1. The van der Waals surface area contributed by atoms with Gasteiger partial charge in [0.1, 0.15) is 12.4 Å². The summed E-state index contributed by atoms with van der Waals surface area (Å²) in [5.74, 6) is 0.859. The van der Waals surface area contributed by atoms with E-state index in [0.29, 0.717) is 19.7 Å². The van der Waals surface area contributed by atoms with Crippen molar-refractivity contribution in [2.45, 2.75) is 39.6 Å². The zero-order valence-electron chi connectivity index (χ0n) is 19.1. The summed E-state index contributed by atoms with van der Waals surface area (Å²) >= 11 is 0. The van der Waals surface area contributed by atoms with Crippen molar-refractivity contribution in [2.75, 3.05) is 20.2 Å². The van der Waals surface area contributed by atoms with Gasteiger partial charge in [-0.1, -0.05) is 30.3 Å². The Morgan fingerprint density at radius 2 is 1.84 bits per heavy atom. The number of likely N-dealkylation sites (N-methyl/N-ethyl adjacent to an activating group) is 1. The number of aliphatic hydroxyl groups is 1. The molecule has 0 amide bonds. The van der Waals surface area contributed by atoms with Crippen molar-refractivity contribution in [3.05, 3.63) is 83.8 Å². The molecule has 0 bridgehead atoms. The fraction of sp³-hybridized carbons (Fsp3) is 0.346. The number of rotatable bonds is 10. The molecule has 0 aliphatic heterocycles. The molecule has 1 atom stereocenters. The number of aromatic nitrogens is 3. The Morgan fingerprint density at radius 3 is 2.59 bits per heavy atom. The van der Waals surface area contributed by atoms with E-state index in [2.05, 4.69) is 57.9 Å². The second-order valence-electron chi connectivity index (χ2n) is 8.52. The number of aryl methyl sites for hydroxylation is 2. The molecule has 0 radical (unpaired) electrons. The molecular formula is C26H32N4O2. The van der Waals surface area contributed by atoms with E-state index in [-0.39, 0.29) is 0 Å². The molecule has 0 fully saturated rings. The molecular weight excluding hydrogens is 400 g/mol. The van der Waals surface area contributed by atoms with Gasteiger partial charge in [0.15, 0.2) is 0 Å². The van der Waals surface area contributed by atoms with Crippen LogP contribution in [0.3, 0.4) is 0 Å². The van der Waals surface area contributed by atoms with E-state index in [9.17, 15) is 5.11 Å². The molecule has 32 heavy (non-hydrogen) atoms. The third-order valence-electron chi connectivity index (χ3n) is 5.66. The van der Waals surface area contributed by atoms with Crippen LogP contribution < -0.4 is 4.74 Å². The first kappa shape index (κ1) is 22.1. The lowest BCUT2D eigenvalue weighted by molar-refractivity contribution is 0.108. The first-order chi connectivity index (χ1) is 15.5. The molecule has 2 aromatic heterocycles. The second kappa shape index (κ2) is 10.0. The predicted molar refractivity (Wildman–Crippen MR) is 128 cm³/mol. The van der Waals surface area contributed by atoms with E-state index in [1.54, 1.807) is 0 Å². The number of ether oxygens (including phenoxy) is 1. The molecule has 0 saturated carbocycles. The molecule has 2 aromatic carbocycles. The number of hydrogen-bond acceptors (Lipinski definition) is 4. The van der Waals surface area contributed by atoms with Crippen LogP contribution in [0.4, 0.5) is 0 Å². The van der Waals surface area contributed by atoms with Gasteiger partial charge >= 0.3 is 0 Å². The van der Waals surface area contributed by atoms with Crippen molar-refractivity contribution in [2.24, 2.45) is 0 Å². The Bertz CT molecular complexity index is 1150. The maximum atomic E-state index is 10.6. The van der Waals surface area contributed by atoms with Gasteiger partial charge in [0, 0.05) is 37.0 Å². The van der Waals surface area contributed by atoms with Gasteiger partial charge in [0.2, 0.25) is 0 Å². The molecule has 4 rings (SSSR count). The highest BCUT2D eigenvalue weighted by molar-refractivity contribution is 5.79. The standard InChI is InChI=1S/C26H32N4O2/c1-20-16-21(2)30(27-20)14-15-32-25-10-8-22(9-11-25)17-28(3)18-24(31)19-29-13-12-23-6-4-5-7-26(23)29/h4-13,16,24,31H,14-15,17-19H2,1-3H3/t24-/m0/s1. The Kier molecular flexibility index (Phi) is 6.93. The average Bonchev–Trinajstić information content (AvgIpc) is 3.31. The van der Waals surface area contributed by atoms with E-state index in [1.807, 2.05) is 49.1 Å². The van der Waals surface area contributed by atoms with Gasteiger partial charge in [0.25, 0.3) is 0 Å². The fourth-order valence-electron chi connectivity index (χ4n) is 4.16. The minimum absolute atomic E-state index is 0.437. The second-order valence-corrected chi connectivity index (χ2v) is 8.52. The lowest BCUT2D eigenvalue weighted by Gasteiger charge is -2.21. The molecule has 4 aromatic rings. The summed E-state index contributed by atoms with van der Waals surface area (Å²) in [6.45, 7) is 7.34. The number of nitrogens with zero attached hydrogens (tertiary/aromatic N) is 4. The lowest BCUT2D eigenvalue weighted by atomic mass is 10.2. The van der Waals surface area contributed by atoms with E-state index in [0.717, 1.165) is 35.7 Å². The Balaban J connectivity index is 1.23. The largest absolute Gasteiger partial charge is 0.492 e. The molecule has 6 heteroatoms. The molecule has 0 unspecified atom stereocenters. The molecule has 0 aliphatic carbocycles. The molecule has 0 spiro atoms. The highest BCUT2D eigenvalue weighted by Gasteiger charge is 2.11. The molecule has 0 saturated heterocycles. The summed E-state index contributed by atoms with van der Waals surface area (Å²) in [4.78, 5) is 2.15. The maximum absolute atomic E-state index is 10.6. The van der Waals surface area contributed by atoms with Gasteiger partial charge in [-0.2, -0.15) is 5.10 Å². The van der Waals surface area contributed by atoms with Crippen molar-refractivity contribution in [3.8, 4) is 5.75 Å². The molecule has 0 aliphatic rings. The van der Waals surface area contributed by atoms with Gasteiger partial charge in [0.05, 0.1) is 18.3 Å². The minimum atomic E-state index is -0.437. The third kappa shape index (κ3) is 5.58. The van der Waals surface area contributed by atoms with Crippen LogP contribution in [-0.2, 0) is 19.6 Å². The fourth-order valence-corrected chi connectivity index (χ4v) is 4.16. The zero-order chi connectivity index (χ0) is 22.5. The van der Waals surface area contributed by atoms with Crippen LogP contribution >= 0.6 is 0 Å². The highest BCUT2D eigenvalue weighted by Crippen LogP contribution is 2.17. The van der Waals surface area contributed by atoms with E-state index >= 15 is 0 Å². The zero-order valence-corrected chi connectivity index (χ0v) is 19.1. The van der Waals surface area contributed by atoms with Crippen LogP contribution in [0.2, 0.25) is 0 Å². The van der Waals surface area contributed by atoms with Gasteiger partial charge in [-0.15, -0.1) is 0 Å². The number of aliphatic hydroxyl groups excluding tert-OH is 1. The van der Waals surface area contributed by atoms with Crippen molar-refractivity contribution in [1.29, 1.82) is 0 Å². The van der Waals surface area contributed by atoms with Gasteiger partial charge in [-0.05, 0) is 62.2 Å². The summed E-state index contributed by atoms with van der Waals surface area (Å²) in [5.41, 5.74) is 4.53. The highest BCUT2D eigenvalue weighted by atomic mass is 16.5. The van der Waals surface area contributed by atoms with E-state index in [4.69, 9.17) is 4.74 Å². The first-order valence-corrected chi connectivity index (χ1v) is 11.1. The Morgan fingerprint density at radius 1 is 1.06 bits per heavy atom. The van der Waals surface area contributed by atoms with Crippen molar-refractivity contribution >= 4 is 10.9 Å². The number of hydrogen-bond donors (Lipinski definition) is 1. The Hall–Kier alpha value is -3.09. The number of benzene rings is 2. The van der Waals surface area contributed by atoms with Crippen molar-refractivity contribution in [3.63, 3.8) is 0 Å². The summed E-state index contributed by atoms with van der Waals surface area (Å²) < 4.78 is 9.97. The molecule has 6 nitrogen and oxygen atoms in total.